The Bertz CT molecular complexity index is 8.00. The summed E-state index contributed by atoms with van der Waals surface area (Å²) in [6.07, 6.45) is 0. The summed E-state index contributed by atoms with van der Waals surface area (Å²) < 4.78 is 7.81. The molecule has 0 aliphatic carbocycles. The Labute approximate surface area is 89.3 Å². The topological polar surface area (TPSA) is 17.1 Å². The minimum absolute atomic E-state index is 0. The molecule has 0 heterocycles. The monoisotopic (exact) mass is 381 g/mol. The number of hydrogen-bond acceptors (Lipinski definition) is 1. The van der Waals surface area contributed by atoms with E-state index < -0.39 is 0 Å². The van der Waals surface area contributed by atoms with Crippen molar-refractivity contribution in [3.63, 3.8) is 0 Å². The van der Waals surface area contributed by atoms with Crippen LogP contribution in [0.15, 0.2) is 0 Å². The van der Waals surface area contributed by atoms with Crippen molar-refractivity contribution in [2.45, 2.75) is 0 Å². The average molecular weight is 381 g/mol. The Morgan fingerprint density at radius 3 is 1.25 bits per heavy atom. The van der Waals surface area contributed by atoms with E-state index in [-0.39, 0.29) is 71.7 Å². The van der Waals surface area contributed by atoms with Crippen molar-refractivity contribution in [2.24, 2.45) is 0 Å². The van der Waals surface area contributed by atoms with Gasteiger partial charge in [-0.25, -0.2) is 0 Å². The normalized spacial score (nSPS) is 1.50. The van der Waals surface area contributed by atoms with Crippen LogP contribution in [0.25, 0.3) is 0 Å². The second kappa shape index (κ2) is 17.3. The van der Waals surface area contributed by atoms with Gasteiger partial charge >= 0.3 is 91.5 Å². The molecule has 4 heavy (non-hydrogen) atoms. The second-order valence-electron chi connectivity index (χ2n) is 0. The molecule has 1 nitrogen and oxygen atoms in total. The fourth-order valence-electron chi connectivity index (χ4n) is 0. The van der Waals surface area contributed by atoms with Gasteiger partial charge in [-0.2, -0.15) is 0 Å². The molecular weight excluding hydrogens is 376 g/mol. The molecule has 0 saturated heterocycles. The van der Waals surface area contributed by atoms with Crippen LogP contribution in [0.4, 0.5) is 0 Å². The standard InChI is InChI=1S/Bi.Cu.O.Sr.5H. The van der Waals surface area contributed by atoms with E-state index in [2.05, 4.69) is 15.9 Å². The van der Waals surface area contributed by atoms with Crippen LogP contribution in [-0.2, 0) is 19.8 Å². The molecule has 0 N–H and O–H groups in total. The van der Waals surface area contributed by atoms with E-state index >= 15 is 0 Å². The zero-order chi connectivity index (χ0) is 2.00. The quantitative estimate of drug-likeness (QED) is 0.435. The molecule has 0 amide bonds. The van der Waals surface area contributed by atoms with Gasteiger partial charge < -0.3 is 0 Å². The Balaban J connectivity index is -0.00000000500. The molecule has 0 aliphatic heterocycles. The fourth-order valence-corrected chi connectivity index (χ4v) is 0. The van der Waals surface area contributed by atoms with Crippen LogP contribution in [-0.4, -0.2) is 71.7 Å². The van der Waals surface area contributed by atoms with Crippen molar-refractivity contribution in [3.05, 3.63) is 0 Å². The maximum atomic E-state index is 7.81. The van der Waals surface area contributed by atoms with Gasteiger partial charge in [0.05, 0.1) is 0 Å². The van der Waals surface area contributed by atoms with Gasteiger partial charge in [-0.1, -0.05) is 0 Å². The van der Waals surface area contributed by atoms with E-state index in [1.54, 1.807) is 0 Å². The molecule has 0 aromatic rings. The molecule has 0 unspecified atom stereocenters. The van der Waals surface area contributed by atoms with Crippen molar-refractivity contribution in [3.8, 4) is 0 Å². The Morgan fingerprint density at radius 2 is 1.25 bits per heavy atom. The van der Waals surface area contributed by atoms with Gasteiger partial charge in [0.15, 0.2) is 0 Å². The summed E-state index contributed by atoms with van der Waals surface area (Å²) in [7, 11) is 0. The van der Waals surface area contributed by atoms with E-state index in [0.717, 1.165) is 0 Å². The molecule has 0 bridgehead atoms. The third-order valence-electron chi connectivity index (χ3n) is 0. The first-order valence-electron chi connectivity index (χ1n) is 0.123. The van der Waals surface area contributed by atoms with Crippen LogP contribution >= 0.6 is 0 Å². The SMILES string of the molecule is [BiH3].[O]=[Cu].[SrH2]. The Kier molecular flexibility index (Phi) is 68.9. The zero-order valence-corrected chi connectivity index (χ0v) is 7.86. The Morgan fingerprint density at radius 1 is 1.25 bits per heavy atom. The van der Waals surface area contributed by atoms with Crippen LogP contribution in [0.2, 0.25) is 0 Å². The van der Waals surface area contributed by atoms with Gasteiger partial charge in [-0.15, -0.1) is 0 Å². The molecule has 0 saturated carbocycles. The first kappa shape index (κ1) is 15.9. The van der Waals surface area contributed by atoms with Gasteiger partial charge in [0.2, 0.25) is 0 Å². The van der Waals surface area contributed by atoms with E-state index in [0.29, 0.717) is 0 Å². The molecule has 0 atom stereocenters. The summed E-state index contributed by atoms with van der Waals surface area (Å²) in [4.78, 5) is 0. The summed E-state index contributed by atoms with van der Waals surface area (Å²) in [6.45, 7) is 0. The van der Waals surface area contributed by atoms with Crippen LogP contribution in [0.3, 0.4) is 0 Å². The van der Waals surface area contributed by atoms with Crippen LogP contribution in [0, 0.1) is 0 Å². The number of hydrogen-bond donors (Lipinski definition) is 0. The van der Waals surface area contributed by atoms with Gasteiger partial charge in [0.1, 0.15) is 0 Å². The molecule has 29 valence electrons. The third kappa shape index (κ3) is 8.82. The van der Waals surface area contributed by atoms with Crippen molar-refractivity contribution >= 4 is 71.7 Å². The molecule has 4 heteroatoms. The van der Waals surface area contributed by atoms with E-state index in [4.69, 9.17) is 3.83 Å². The second-order valence-corrected chi connectivity index (χ2v) is 0. The third-order valence-corrected chi connectivity index (χ3v) is 0. The summed E-state index contributed by atoms with van der Waals surface area (Å²) in [5.74, 6) is 0. The molecule has 0 aromatic carbocycles. The first-order chi connectivity index (χ1) is 1.00. The molecule has 0 spiro atoms. The van der Waals surface area contributed by atoms with Crippen molar-refractivity contribution in [1.29, 1.82) is 0 Å². The predicted molar refractivity (Wildman–Crippen MR) is 19.2 cm³/mol. The van der Waals surface area contributed by atoms with Crippen molar-refractivity contribution < 1.29 is 19.8 Å². The summed E-state index contributed by atoms with van der Waals surface area (Å²) >= 11 is 2.94. The molecule has 0 rings (SSSR count). The van der Waals surface area contributed by atoms with Crippen molar-refractivity contribution in [2.75, 3.05) is 0 Å². The van der Waals surface area contributed by atoms with Gasteiger partial charge in [0, 0.05) is 0 Å². The summed E-state index contributed by atoms with van der Waals surface area (Å²) in [6, 6.07) is 0. The van der Waals surface area contributed by atoms with Crippen molar-refractivity contribution in [1.82, 2.24) is 0 Å². The zero-order valence-electron chi connectivity index (χ0n) is 1.42. The van der Waals surface area contributed by atoms with Crippen LogP contribution in [0.1, 0.15) is 0 Å². The average Bonchev–Trinajstić information content (AvgIpc) is 1.00. The van der Waals surface area contributed by atoms with E-state index in [1.807, 2.05) is 0 Å². The van der Waals surface area contributed by atoms with Gasteiger partial charge in [0.25, 0.3) is 0 Å². The van der Waals surface area contributed by atoms with Gasteiger partial charge in [-0.3, -0.25) is 0 Å². The summed E-state index contributed by atoms with van der Waals surface area (Å²) in [5.41, 5.74) is 0. The van der Waals surface area contributed by atoms with Crippen LogP contribution in [0.5, 0.6) is 0 Å². The molecular formula is H5BiCuOSr. The first-order valence-corrected chi connectivity index (χ1v) is 0.508. The molecule has 0 radical (unpaired) electrons. The fraction of sp³-hybridized carbons (Fsp3) is 0. The summed E-state index contributed by atoms with van der Waals surface area (Å²) in [5, 5.41) is 0. The maximum absolute atomic E-state index is 7.81. The van der Waals surface area contributed by atoms with Gasteiger partial charge in [-0.05, 0) is 0 Å². The predicted octanol–water partition coefficient (Wildman–Crippen LogP) is -2.22. The van der Waals surface area contributed by atoms with E-state index in [9.17, 15) is 0 Å². The van der Waals surface area contributed by atoms with E-state index in [1.165, 1.54) is 0 Å². The Hall–Kier alpha value is 2.68. The molecule has 0 fully saturated rings. The molecule has 0 aliphatic rings. The minimum atomic E-state index is 0. The van der Waals surface area contributed by atoms with Crippen LogP contribution < -0.4 is 0 Å². The molecule has 0 aromatic heterocycles. The number of rotatable bonds is 0.